The van der Waals surface area contributed by atoms with Crippen LogP contribution in [0.4, 0.5) is 0 Å². The van der Waals surface area contributed by atoms with Crippen molar-refractivity contribution in [2.24, 2.45) is 0 Å². The quantitative estimate of drug-likeness (QED) is 0.417. The van der Waals surface area contributed by atoms with Gasteiger partial charge in [-0.1, -0.05) is 48.9 Å². The highest BCUT2D eigenvalue weighted by Crippen LogP contribution is 2.29. The van der Waals surface area contributed by atoms with Crippen molar-refractivity contribution in [1.29, 1.82) is 0 Å². The molecule has 23 heavy (non-hydrogen) atoms. The zero-order valence-electron chi connectivity index (χ0n) is 14.3. The number of hydrogen-bond acceptors (Lipinski definition) is 1. The van der Waals surface area contributed by atoms with Crippen LogP contribution in [-0.2, 0) is 4.43 Å². The first kappa shape index (κ1) is 17.8. The van der Waals surface area contributed by atoms with E-state index >= 15 is 0 Å². The van der Waals surface area contributed by atoms with E-state index < -0.39 is 8.32 Å². The Kier molecular flexibility index (Phi) is 6.08. The lowest BCUT2D eigenvalue weighted by atomic mass is 9.95. The second-order valence-corrected chi connectivity index (χ2v) is 11.5. The van der Waals surface area contributed by atoms with Crippen molar-refractivity contribution in [2.45, 2.75) is 38.9 Å². The van der Waals surface area contributed by atoms with Gasteiger partial charge in [0.25, 0.3) is 0 Å². The molecular formula is C20H25ClOSi. The number of rotatable bonds is 6. The molecule has 0 saturated heterocycles. The van der Waals surface area contributed by atoms with E-state index in [1.807, 2.05) is 24.3 Å². The summed E-state index contributed by atoms with van der Waals surface area (Å²) in [6.45, 7) is 8.84. The predicted molar refractivity (Wildman–Crippen MR) is 103 cm³/mol. The van der Waals surface area contributed by atoms with Gasteiger partial charge in [0.05, 0.1) is 0 Å². The largest absolute Gasteiger partial charge is 0.544 e. The molecule has 2 aromatic rings. The SMILES string of the molecule is CC[C@H](/C=C(\O[Si](C)(C)C)c1ccc(Cl)cc1)c1ccccc1. The van der Waals surface area contributed by atoms with Gasteiger partial charge in [-0.2, -0.15) is 0 Å². The molecule has 2 aromatic carbocycles. The average molecular weight is 345 g/mol. The van der Waals surface area contributed by atoms with E-state index in [1.54, 1.807) is 0 Å². The van der Waals surface area contributed by atoms with Crippen LogP contribution in [0.5, 0.6) is 0 Å². The normalized spacial score (nSPS) is 13.7. The molecule has 0 unspecified atom stereocenters. The minimum atomic E-state index is -1.70. The topological polar surface area (TPSA) is 9.23 Å². The van der Waals surface area contributed by atoms with Crippen molar-refractivity contribution in [3.8, 4) is 0 Å². The Labute approximate surface area is 146 Å². The molecule has 0 fully saturated rings. The van der Waals surface area contributed by atoms with Crippen LogP contribution in [0.25, 0.3) is 5.76 Å². The zero-order valence-corrected chi connectivity index (χ0v) is 16.1. The van der Waals surface area contributed by atoms with Crippen LogP contribution in [0.3, 0.4) is 0 Å². The highest BCUT2D eigenvalue weighted by atomic mass is 35.5. The van der Waals surface area contributed by atoms with Gasteiger partial charge < -0.3 is 4.43 Å². The third-order valence-electron chi connectivity index (χ3n) is 3.56. The molecule has 0 aliphatic carbocycles. The van der Waals surface area contributed by atoms with Crippen molar-refractivity contribution in [1.82, 2.24) is 0 Å². The van der Waals surface area contributed by atoms with Crippen molar-refractivity contribution in [2.75, 3.05) is 0 Å². The summed E-state index contributed by atoms with van der Waals surface area (Å²) in [5, 5.41) is 0.746. The van der Waals surface area contributed by atoms with Crippen molar-refractivity contribution >= 4 is 25.7 Å². The molecule has 0 spiro atoms. The standard InChI is InChI=1S/C20H25ClOSi/c1-5-16(17-9-7-6-8-10-17)15-20(22-23(2,3)4)18-11-13-19(21)14-12-18/h6-16H,5H2,1-4H3/b20-15-/t16-/m1/s1. The molecular weight excluding hydrogens is 320 g/mol. The minimum Gasteiger partial charge on any atom is -0.544 e. The highest BCUT2D eigenvalue weighted by molar-refractivity contribution is 6.70. The molecule has 0 N–H and O–H groups in total. The zero-order chi connectivity index (χ0) is 16.9. The molecule has 0 aliphatic heterocycles. The maximum absolute atomic E-state index is 6.37. The van der Waals surface area contributed by atoms with Gasteiger partial charge in [0, 0.05) is 16.5 Å². The van der Waals surface area contributed by atoms with Crippen molar-refractivity contribution in [3.63, 3.8) is 0 Å². The lowest BCUT2D eigenvalue weighted by Crippen LogP contribution is -2.24. The molecule has 0 saturated carbocycles. The van der Waals surface area contributed by atoms with Crippen LogP contribution >= 0.6 is 11.6 Å². The average Bonchev–Trinajstić information content (AvgIpc) is 2.52. The lowest BCUT2D eigenvalue weighted by molar-refractivity contribution is 0.510. The second-order valence-electron chi connectivity index (χ2n) is 6.68. The summed E-state index contributed by atoms with van der Waals surface area (Å²) in [6.07, 6.45) is 3.30. The molecule has 122 valence electrons. The highest BCUT2D eigenvalue weighted by Gasteiger charge is 2.20. The first-order valence-corrected chi connectivity index (χ1v) is 11.9. The van der Waals surface area contributed by atoms with Crippen LogP contribution in [-0.4, -0.2) is 8.32 Å². The van der Waals surface area contributed by atoms with Crippen LogP contribution in [0.1, 0.15) is 30.4 Å². The first-order chi connectivity index (χ1) is 10.9. The Morgan fingerprint density at radius 3 is 2.17 bits per heavy atom. The van der Waals surface area contributed by atoms with E-state index in [-0.39, 0.29) is 0 Å². The fraction of sp³-hybridized carbons (Fsp3) is 0.300. The van der Waals surface area contributed by atoms with E-state index in [0.717, 1.165) is 22.8 Å². The summed E-state index contributed by atoms with van der Waals surface area (Å²) in [6, 6.07) is 18.5. The number of halogens is 1. The van der Waals surface area contributed by atoms with Crippen LogP contribution < -0.4 is 0 Å². The summed E-state index contributed by atoms with van der Waals surface area (Å²) in [5.74, 6) is 1.31. The summed E-state index contributed by atoms with van der Waals surface area (Å²) in [7, 11) is -1.70. The van der Waals surface area contributed by atoms with Crippen LogP contribution in [0, 0.1) is 0 Å². The minimum absolute atomic E-state index is 0.346. The Balaban J connectivity index is 2.40. The van der Waals surface area contributed by atoms with Gasteiger partial charge in [0.1, 0.15) is 5.76 Å². The lowest BCUT2D eigenvalue weighted by Gasteiger charge is -2.24. The fourth-order valence-electron chi connectivity index (χ4n) is 2.47. The predicted octanol–water partition coefficient (Wildman–Crippen LogP) is 6.73. The van der Waals surface area contributed by atoms with E-state index in [2.05, 4.69) is 63.0 Å². The fourth-order valence-corrected chi connectivity index (χ4v) is 3.44. The summed E-state index contributed by atoms with van der Waals surface area (Å²) in [4.78, 5) is 0. The number of hydrogen-bond donors (Lipinski definition) is 0. The molecule has 0 bridgehead atoms. The Morgan fingerprint density at radius 2 is 1.65 bits per heavy atom. The summed E-state index contributed by atoms with van der Waals surface area (Å²) >= 11 is 6.03. The summed E-state index contributed by atoms with van der Waals surface area (Å²) < 4.78 is 6.37. The van der Waals surface area contributed by atoms with E-state index in [9.17, 15) is 0 Å². The molecule has 0 heterocycles. The number of allylic oxidation sites excluding steroid dienone is 1. The van der Waals surface area contributed by atoms with E-state index in [0.29, 0.717) is 5.92 Å². The first-order valence-electron chi connectivity index (χ1n) is 8.11. The smallest absolute Gasteiger partial charge is 0.242 e. The number of benzene rings is 2. The Bertz CT molecular complexity index is 642. The molecule has 1 atom stereocenters. The van der Waals surface area contributed by atoms with Crippen molar-refractivity contribution < 1.29 is 4.43 Å². The molecule has 3 heteroatoms. The summed E-state index contributed by atoms with van der Waals surface area (Å²) in [5.41, 5.74) is 2.41. The van der Waals surface area contributed by atoms with Gasteiger partial charge in [0.15, 0.2) is 0 Å². The molecule has 0 amide bonds. The molecule has 2 rings (SSSR count). The molecule has 0 radical (unpaired) electrons. The van der Waals surface area contributed by atoms with Gasteiger partial charge >= 0.3 is 0 Å². The van der Waals surface area contributed by atoms with Gasteiger partial charge in [-0.3, -0.25) is 0 Å². The Hall–Kier alpha value is -1.51. The van der Waals surface area contributed by atoms with E-state index in [4.69, 9.17) is 16.0 Å². The van der Waals surface area contributed by atoms with Gasteiger partial charge in [-0.15, -0.1) is 0 Å². The van der Waals surface area contributed by atoms with Gasteiger partial charge in [-0.25, -0.2) is 0 Å². The third kappa shape index (κ3) is 5.56. The van der Waals surface area contributed by atoms with Crippen LogP contribution in [0.15, 0.2) is 60.7 Å². The maximum Gasteiger partial charge on any atom is 0.242 e. The maximum atomic E-state index is 6.37. The van der Waals surface area contributed by atoms with E-state index in [1.165, 1.54) is 5.56 Å². The third-order valence-corrected chi connectivity index (χ3v) is 4.65. The van der Waals surface area contributed by atoms with Crippen LogP contribution in [0.2, 0.25) is 24.7 Å². The molecule has 0 aromatic heterocycles. The Morgan fingerprint density at radius 1 is 1.04 bits per heavy atom. The molecule has 1 nitrogen and oxygen atoms in total. The second kappa shape index (κ2) is 7.85. The van der Waals surface area contributed by atoms with Gasteiger partial charge in [0.2, 0.25) is 8.32 Å². The van der Waals surface area contributed by atoms with Crippen molar-refractivity contribution in [3.05, 3.63) is 76.8 Å². The van der Waals surface area contributed by atoms with Gasteiger partial charge in [-0.05, 0) is 62.0 Å². The molecule has 0 aliphatic rings. The monoisotopic (exact) mass is 344 g/mol.